The van der Waals surface area contributed by atoms with E-state index in [-0.39, 0.29) is 25.2 Å². The van der Waals surface area contributed by atoms with Crippen molar-refractivity contribution >= 4 is 71.0 Å². The van der Waals surface area contributed by atoms with Crippen molar-refractivity contribution in [3.8, 4) is 0 Å². The van der Waals surface area contributed by atoms with E-state index < -0.39 is 200 Å². The molecule has 0 spiro atoms. The van der Waals surface area contributed by atoms with Gasteiger partial charge in [-0.2, -0.15) is 0 Å². The van der Waals surface area contributed by atoms with Crippen LogP contribution >= 0.6 is 0 Å². The first kappa shape index (κ1) is 74.7. The van der Waals surface area contributed by atoms with E-state index in [1.54, 1.807) is 62.4 Å². The lowest BCUT2D eigenvalue weighted by atomic mass is 9.94. The van der Waals surface area contributed by atoms with Gasteiger partial charge in [0.2, 0.25) is 59.1 Å². The Hall–Kier alpha value is -7.54. The first-order chi connectivity index (χ1) is 41.6. The molecule has 0 aromatic heterocycles. The molecule has 18 atom stereocenters. The number of hydrogen-bond donors (Lipinski definition) is 18. The average molecular weight is 1240 g/mol. The number of cyclic esters (lactones) is 1. The van der Waals surface area contributed by atoms with Crippen LogP contribution in [-0.4, -0.2) is 198 Å². The fourth-order valence-corrected chi connectivity index (χ4v) is 9.67. The number of amides is 10. The third kappa shape index (κ3) is 22.6. The molecule has 30 heteroatoms. The Balaban J connectivity index is 1.85. The third-order valence-corrected chi connectivity index (χ3v) is 16.3. The van der Waals surface area contributed by atoms with Gasteiger partial charge >= 0.3 is 5.97 Å². The Morgan fingerprint density at radius 2 is 1.15 bits per heavy atom. The summed E-state index contributed by atoms with van der Waals surface area (Å²) in [6.45, 7) is 14.6. The van der Waals surface area contributed by atoms with E-state index in [1.165, 1.54) is 13.8 Å². The number of benzene rings is 1. The smallest absolute Gasteiger partial charge is 0.323 e. The summed E-state index contributed by atoms with van der Waals surface area (Å²) in [5.74, 6) is -12.2. The number of aliphatic hydroxyl groups excluding tert-OH is 3. The predicted octanol–water partition coefficient (Wildman–Crippen LogP) is -4.26. The van der Waals surface area contributed by atoms with Gasteiger partial charge in [-0.1, -0.05) is 111 Å². The Morgan fingerprint density at radius 1 is 0.659 bits per heavy atom. The molecule has 2 saturated heterocycles. The Kier molecular flexibility index (Phi) is 31.2. The lowest BCUT2D eigenvalue weighted by Gasteiger charge is -2.32. The van der Waals surface area contributed by atoms with Gasteiger partial charge in [-0.05, 0) is 69.4 Å². The molecule has 2 fully saturated rings. The van der Waals surface area contributed by atoms with Crippen LogP contribution in [0.4, 0.5) is 0 Å². The van der Waals surface area contributed by atoms with Crippen LogP contribution in [-0.2, 0) is 63.9 Å². The number of esters is 1. The van der Waals surface area contributed by atoms with Crippen molar-refractivity contribution in [2.75, 3.05) is 26.8 Å². The second-order valence-electron chi connectivity index (χ2n) is 23.0. The normalized spacial score (nSPS) is 23.6. The number of nitrogens with one attached hydrogen (secondary N) is 14. The highest BCUT2D eigenvalue weighted by molar-refractivity contribution is 5.99. The molecule has 2 aliphatic heterocycles. The van der Waals surface area contributed by atoms with E-state index in [0.717, 1.165) is 5.56 Å². The fourth-order valence-electron chi connectivity index (χ4n) is 9.67. The van der Waals surface area contributed by atoms with Crippen LogP contribution in [0.5, 0.6) is 0 Å². The quantitative estimate of drug-likeness (QED) is 0.0304. The lowest BCUT2D eigenvalue weighted by molar-refractivity contribution is -0.157. The molecule has 2 aliphatic rings. The highest BCUT2D eigenvalue weighted by Crippen LogP contribution is 2.18. The van der Waals surface area contributed by atoms with E-state index in [2.05, 4.69) is 69.1 Å². The number of nitrogens with two attached hydrogens (primary N) is 1. The predicted molar refractivity (Wildman–Crippen MR) is 322 cm³/mol. The van der Waals surface area contributed by atoms with Gasteiger partial charge in [-0.25, -0.2) is 0 Å². The van der Waals surface area contributed by atoms with Crippen LogP contribution in [0.2, 0.25) is 0 Å². The van der Waals surface area contributed by atoms with Gasteiger partial charge in [0.25, 0.3) is 0 Å². The van der Waals surface area contributed by atoms with Crippen molar-refractivity contribution in [3.63, 3.8) is 0 Å². The zero-order valence-electron chi connectivity index (χ0n) is 52.4. The number of likely N-dealkylation sites (N-methyl/N-ethyl adjacent to an activating group) is 1. The molecule has 0 radical (unpaired) electrons. The monoisotopic (exact) mass is 1240 g/mol. The molecule has 3 rings (SSSR count). The van der Waals surface area contributed by atoms with Gasteiger partial charge in [0.1, 0.15) is 66.7 Å². The zero-order chi connectivity index (χ0) is 66.1. The molecule has 10 amide bonds. The second kappa shape index (κ2) is 36.7. The lowest BCUT2D eigenvalue weighted by Crippen LogP contribution is -2.63. The van der Waals surface area contributed by atoms with Gasteiger partial charge in [-0.15, -0.1) is 0 Å². The molecule has 0 saturated carbocycles. The van der Waals surface area contributed by atoms with Crippen molar-refractivity contribution < 1.29 is 72.8 Å². The van der Waals surface area contributed by atoms with Crippen LogP contribution in [0.25, 0.3) is 0 Å². The van der Waals surface area contributed by atoms with Crippen LogP contribution < -0.4 is 74.9 Å². The van der Waals surface area contributed by atoms with Crippen molar-refractivity contribution in [2.24, 2.45) is 29.4 Å². The molecular weight excluding hydrogens is 1150 g/mol. The molecule has 2 heterocycles. The van der Waals surface area contributed by atoms with Crippen molar-refractivity contribution in [1.82, 2.24) is 69.1 Å². The number of ether oxygens (including phenoxy) is 1. The summed E-state index contributed by atoms with van der Waals surface area (Å²) < 4.78 is 5.76. The largest absolute Gasteiger partial charge is 0.459 e. The fraction of sp³-hybridized carbons (Fsp3) is 0.690. The summed E-state index contributed by atoms with van der Waals surface area (Å²) in [6, 6.07) is -6.43. The first-order valence-electron chi connectivity index (χ1n) is 30.3. The molecule has 0 bridgehead atoms. The van der Waals surface area contributed by atoms with Crippen LogP contribution in [0.3, 0.4) is 0 Å². The molecule has 494 valence electrons. The second-order valence-corrected chi connectivity index (χ2v) is 23.0. The van der Waals surface area contributed by atoms with Crippen LogP contribution in [0.1, 0.15) is 120 Å². The van der Waals surface area contributed by atoms with Gasteiger partial charge in [0.15, 0.2) is 5.96 Å². The van der Waals surface area contributed by atoms with Gasteiger partial charge < -0.3 is 89.6 Å². The zero-order valence-corrected chi connectivity index (χ0v) is 52.4. The standard InChI is InChI=1S/C58H97N15O15/c1-12-28(5)42(70-49(79)37(61-11)23-34-19-17-16-18-20-34)53(83)67-39(26-74)51(81)65-36(21-22-41(59)76)48(78)69-44(30(7)14-3)55(85)71-43(29(6)13-2)54(84)68-40(27-75)52(82)73-46-33(10)88-57(87)45(31(8)15-4)72-50(80)38(24-35-25-62-58(60)64-35)66-47(77)32(9)63-56(46)86/h16-20,28-33,35-40,42-46,50,61,72,74-75,80H,12-15,21-27H2,1-11H3,(H2,59,76)(H,63,86)(H,65,81)(H,66,77)(H,67,83)(H,68,84)(H,69,78)(H,70,79)(H,71,85)(H,73,82)(H3,60,62,64)/t28-,29-,30-,31-,32-,33-,35-,36+,37+,38-,39-,40-,42-,43-,44+,45-,46+,50?/m0/s1. The summed E-state index contributed by atoms with van der Waals surface area (Å²) in [6.07, 6.45) is -2.11. The summed E-state index contributed by atoms with van der Waals surface area (Å²) in [5.41, 5.74) is 6.31. The number of carbonyl (C=O) groups excluding carboxylic acids is 11. The SMILES string of the molecule is CC[C@H](C)[C@H](NC(=O)[C@@H](Cc1ccccc1)NC)C(=O)N[C@@H](CO)C(=O)N[C@H](CCC(N)=O)C(=O)N[C@@H](C(=O)N[C@H](C(=O)N[C@@H](CO)C(=O)N[C@H]1C(=O)N[C@@H](C)C(=O)N[C@@H](C[C@H]2CNC(=N)N2)C(O)N[C@@H]([C@@H](C)CC)C(=O)O[C@H]1C)[C@@H](C)CC)[C@@H](C)CC. The minimum Gasteiger partial charge on any atom is -0.459 e. The third-order valence-electron chi connectivity index (χ3n) is 16.3. The molecule has 1 aromatic rings. The number of guanidine groups is 1. The van der Waals surface area contributed by atoms with E-state index >= 15 is 0 Å². The molecule has 1 aromatic carbocycles. The van der Waals surface area contributed by atoms with Crippen molar-refractivity contribution in [2.45, 2.75) is 205 Å². The molecule has 0 aliphatic carbocycles. The number of primary amides is 1. The Labute approximate surface area is 514 Å². The van der Waals surface area contributed by atoms with Gasteiger partial charge in [0.05, 0.1) is 25.3 Å². The summed E-state index contributed by atoms with van der Waals surface area (Å²) in [7, 11) is 1.60. The van der Waals surface area contributed by atoms with Gasteiger partial charge in [-0.3, -0.25) is 63.5 Å². The summed E-state index contributed by atoms with van der Waals surface area (Å²) >= 11 is 0. The molecule has 30 nitrogen and oxygen atoms in total. The van der Waals surface area contributed by atoms with E-state index in [0.29, 0.717) is 25.8 Å². The molecule has 19 N–H and O–H groups in total. The summed E-state index contributed by atoms with van der Waals surface area (Å²) in [5, 5.41) is 74.7. The molecule has 88 heavy (non-hydrogen) atoms. The average Bonchev–Trinajstić information content (AvgIpc) is 4.12. The van der Waals surface area contributed by atoms with Crippen molar-refractivity contribution in [1.29, 1.82) is 5.41 Å². The topological polar surface area (TPSA) is 464 Å². The number of carbonyl (C=O) groups is 11. The summed E-state index contributed by atoms with van der Waals surface area (Å²) in [4.78, 5) is 152. The first-order valence-corrected chi connectivity index (χ1v) is 30.3. The molecular formula is C58H97N15O15. The van der Waals surface area contributed by atoms with E-state index in [4.69, 9.17) is 15.9 Å². The van der Waals surface area contributed by atoms with Crippen LogP contribution in [0, 0.1) is 29.1 Å². The Morgan fingerprint density at radius 3 is 1.62 bits per heavy atom. The van der Waals surface area contributed by atoms with Gasteiger partial charge in [0, 0.05) is 19.0 Å². The number of aliphatic hydroxyl groups is 3. The minimum absolute atomic E-state index is 0.0417. The maximum absolute atomic E-state index is 14.4. The Bertz CT molecular complexity index is 2550. The van der Waals surface area contributed by atoms with Crippen molar-refractivity contribution in [3.05, 3.63) is 35.9 Å². The highest BCUT2D eigenvalue weighted by atomic mass is 16.5. The maximum Gasteiger partial charge on any atom is 0.323 e. The van der Waals surface area contributed by atoms with Crippen LogP contribution in [0.15, 0.2) is 30.3 Å². The minimum atomic E-state index is -1.81. The van der Waals surface area contributed by atoms with E-state index in [9.17, 15) is 68.1 Å². The maximum atomic E-state index is 14.4. The van der Waals surface area contributed by atoms with E-state index in [1.807, 2.05) is 30.3 Å². The molecule has 1 unspecified atom stereocenters. The highest BCUT2D eigenvalue weighted by Gasteiger charge is 2.42. The number of rotatable bonds is 32. The number of hydrogen-bond acceptors (Lipinski definition) is 18.